The molecule has 6 heteroatoms. The second-order valence-corrected chi connectivity index (χ2v) is 5.86. The first kappa shape index (κ1) is 14.7. The average Bonchev–Trinajstić information content (AvgIpc) is 3.30. The highest BCUT2D eigenvalue weighted by Crippen LogP contribution is 2.25. The van der Waals surface area contributed by atoms with Gasteiger partial charge < -0.3 is 10.1 Å². The molecule has 1 fully saturated rings. The Balaban J connectivity index is 1.67. The lowest BCUT2D eigenvalue weighted by Gasteiger charge is -2.13. The van der Waals surface area contributed by atoms with Gasteiger partial charge in [0.05, 0.1) is 23.4 Å². The molecule has 6 nitrogen and oxygen atoms in total. The van der Waals surface area contributed by atoms with Gasteiger partial charge in [0.15, 0.2) is 5.65 Å². The fourth-order valence-corrected chi connectivity index (χ4v) is 2.98. The Morgan fingerprint density at radius 3 is 2.92 bits per heavy atom. The molecular weight excluding hydrogens is 302 g/mol. The van der Waals surface area contributed by atoms with Crippen LogP contribution in [0.4, 0.5) is 5.69 Å². The van der Waals surface area contributed by atoms with Crippen molar-refractivity contribution in [3.63, 3.8) is 0 Å². The van der Waals surface area contributed by atoms with Crippen molar-refractivity contribution in [3.8, 4) is 17.3 Å². The number of ether oxygens (including phenoxy) is 1. The van der Waals surface area contributed by atoms with E-state index >= 15 is 0 Å². The van der Waals surface area contributed by atoms with E-state index in [4.69, 9.17) is 10.00 Å². The van der Waals surface area contributed by atoms with Gasteiger partial charge >= 0.3 is 0 Å². The number of rotatable bonds is 4. The van der Waals surface area contributed by atoms with Gasteiger partial charge in [0.25, 0.3) is 0 Å². The summed E-state index contributed by atoms with van der Waals surface area (Å²) in [6.45, 7) is 1.64. The highest BCUT2D eigenvalue weighted by molar-refractivity contribution is 5.70. The van der Waals surface area contributed by atoms with Crippen LogP contribution < -0.4 is 5.32 Å². The minimum atomic E-state index is 0.275. The third-order valence-corrected chi connectivity index (χ3v) is 4.25. The molecule has 0 radical (unpaired) electrons. The Morgan fingerprint density at radius 2 is 2.17 bits per heavy atom. The van der Waals surface area contributed by atoms with Crippen LogP contribution >= 0.6 is 0 Å². The Labute approximate surface area is 139 Å². The Kier molecular flexibility index (Phi) is 3.85. The standard InChI is InChI=1S/C18H17N5O/c19-10-13-3-5-14(6-4-13)17-8-15(9-18-21-12-22-23(17)18)20-11-16-2-1-7-24-16/h3-6,8-9,12,16,20H,1-2,7,11H2. The van der Waals surface area contributed by atoms with Crippen LogP contribution in [-0.2, 0) is 4.74 Å². The van der Waals surface area contributed by atoms with Crippen molar-refractivity contribution < 1.29 is 4.74 Å². The van der Waals surface area contributed by atoms with Gasteiger partial charge in [0.1, 0.15) is 6.33 Å². The summed E-state index contributed by atoms with van der Waals surface area (Å²) in [6, 6.07) is 13.7. The SMILES string of the molecule is N#Cc1ccc(-c2cc(NCC3CCCO3)cc3ncnn23)cc1. The summed E-state index contributed by atoms with van der Waals surface area (Å²) in [5.74, 6) is 0. The number of nitrogens with zero attached hydrogens (tertiary/aromatic N) is 4. The summed E-state index contributed by atoms with van der Waals surface area (Å²) in [7, 11) is 0. The van der Waals surface area contributed by atoms with Crippen molar-refractivity contribution in [1.29, 1.82) is 5.26 Å². The van der Waals surface area contributed by atoms with E-state index in [0.29, 0.717) is 5.56 Å². The second-order valence-electron chi connectivity index (χ2n) is 5.86. The molecule has 24 heavy (non-hydrogen) atoms. The molecule has 0 amide bonds. The van der Waals surface area contributed by atoms with Gasteiger partial charge in [-0.25, -0.2) is 9.50 Å². The van der Waals surface area contributed by atoms with Crippen LogP contribution in [0.25, 0.3) is 16.9 Å². The van der Waals surface area contributed by atoms with Crippen molar-refractivity contribution >= 4 is 11.3 Å². The molecule has 3 aromatic rings. The Morgan fingerprint density at radius 1 is 1.29 bits per heavy atom. The zero-order chi connectivity index (χ0) is 16.4. The molecule has 1 aliphatic heterocycles. The van der Waals surface area contributed by atoms with E-state index in [1.54, 1.807) is 10.8 Å². The minimum absolute atomic E-state index is 0.275. The molecule has 1 unspecified atom stereocenters. The fraction of sp³-hybridized carbons (Fsp3) is 0.278. The van der Waals surface area contributed by atoms with Crippen LogP contribution in [0.3, 0.4) is 0 Å². The highest BCUT2D eigenvalue weighted by Gasteiger charge is 2.15. The molecule has 1 saturated heterocycles. The summed E-state index contributed by atoms with van der Waals surface area (Å²) < 4.78 is 7.47. The summed E-state index contributed by atoms with van der Waals surface area (Å²) >= 11 is 0. The lowest BCUT2D eigenvalue weighted by molar-refractivity contribution is 0.120. The van der Waals surface area contributed by atoms with Crippen molar-refractivity contribution in [1.82, 2.24) is 14.6 Å². The highest BCUT2D eigenvalue weighted by atomic mass is 16.5. The number of benzene rings is 1. The smallest absolute Gasteiger partial charge is 0.158 e. The van der Waals surface area contributed by atoms with E-state index in [2.05, 4.69) is 27.5 Å². The van der Waals surface area contributed by atoms with E-state index in [0.717, 1.165) is 48.6 Å². The molecule has 0 bridgehead atoms. The molecule has 4 rings (SSSR count). The summed E-state index contributed by atoms with van der Waals surface area (Å²) in [4.78, 5) is 4.31. The summed E-state index contributed by atoms with van der Waals surface area (Å²) in [5.41, 5.74) is 4.34. The van der Waals surface area contributed by atoms with Crippen LogP contribution in [-0.4, -0.2) is 33.9 Å². The Bertz CT molecular complexity index is 888. The maximum absolute atomic E-state index is 8.96. The van der Waals surface area contributed by atoms with E-state index in [1.807, 2.05) is 30.3 Å². The van der Waals surface area contributed by atoms with E-state index in [1.165, 1.54) is 0 Å². The number of anilines is 1. The summed E-state index contributed by atoms with van der Waals surface area (Å²) in [5, 5.41) is 16.7. The van der Waals surface area contributed by atoms with Crippen LogP contribution in [0.1, 0.15) is 18.4 Å². The quantitative estimate of drug-likeness (QED) is 0.800. The predicted octanol–water partition coefficient (Wildman–Crippen LogP) is 2.86. The van der Waals surface area contributed by atoms with Gasteiger partial charge in [-0.2, -0.15) is 10.4 Å². The molecule has 0 aliphatic carbocycles. The maximum Gasteiger partial charge on any atom is 0.158 e. The number of nitriles is 1. The molecule has 120 valence electrons. The number of hydrogen-bond donors (Lipinski definition) is 1. The molecule has 0 saturated carbocycles. The number of aromatic nitrogens is 3. The predicted molar refractivity (Wildman–Crippen MR) is 90.6 cm³/mol. The van der Waals surface area contributed by atoms with Crippen molar-refractivity contribution in [2.75, 3.05) is 18.5 Å². The van der Waals surface area contributed by atoms with Crippen molar-refractivity contribution in [3.05, 3.63) is 48.3 Å². The van der Waals surface area contributed by atoms with Crippen LogP contribution in [0.2, 0.25) is 0 Å². The lowest BCUT2D eigenvalue weighted by atomic mass is 10.1. The zero-order valence-corrected chi connectivity index (χ0v) is 13.1. The van der Waals surface area contributed by atoms with Gasteiger partial charge in [0, 0.05) is 30.5 Å². The lowest BCUT2D eigenvalue weighted by Crippen LogP contribution is -2.18. The molecule has 1 atom stereocenters. The van der Waals surface area contributed by atoms with Crippen LogP contribution in [0, 0.1) is 11.3 Å². The van der Waals surface area contributed by atoms with Crippen molar-refractivity contribution in [2.45, 2.75) is 18.9 Å². The van der Waals surface area contributed by atoms with E-state index in [9.17, 15) is 0 Å². The van der Waals surface area contributed by atoms with Crippen LogP contribution in [0.5, 0.6) is 0 Å². The second kappa shape index (κ2) is 6.30. The van der Waals surface area contributed by atoms with Gasteiger partial charge in [-0.3, -0.25) is 0 Å². The first-order valence-electron chi connectivity index (χ1n) is 8.03. The normalized spacial score (nSPS) is 17.0. The minimum Gasteiger partial charge on any atom is -0.382 e. The Hall–Kier alpha value is -2.91. The van der Waals surface area contributed by atoms with Crippen molar-refractivity contribution in [2.24, 2.45) is 0 Å². The number of nitrogens with one attached hydrogen (secondary N) is 1. The van der Waals surface area contributed by atoms with Gasteiger partial charge in [-0.05, 0) is 31.0 Å². The number of fused-ring (bicyclic) bond motifs is 1. The molecule has 0 spiro atoms. The first-order valence-corrected chi connectivity index (χ1v) is 8.03. The molecule has 1 aliphatic rings. The number of pyridine rings is 1. The zero-order valence-electron chi connectivity index (χ0n) is 13.1. The largest absolute Gasteiger partial charge is 0.382 e. The van der Waals surface area contributed by atoms with Gasteiger partial charge in [0.2, 0.25) is 0 Å². The molecule has 2 aromatic heterocycles. The van der Waals surface area contributed by atoms with E-state index in [-0.39, 0.29) is 6.10 Å². The van der Waals surface area contributed by atoms with E-state index < -0.39 is 0 Å². The summed E-state index contributed by atoms with van der Waals surface area (Å²) in [6.07, 6.45) is 4.05. The molecule has 1 aromatic carbocycles. The maximum atomic E-state index is 8.96. The number of hydrogen-bond acceptors (Lipinski definition) is 5. The average molecular weight is 319 g/mol. The monoisotopic (exact) mass is 319 g/mol. The molecular formula is C18H17N5O. The third kappa shape index (κ3) is 2.82. The van der Waals surface area contributed by atoms with Crippen LogP contribution in [0.15, 0.2) is 42.7 Å². The van der Waals surface area contributed by atoms with Gasteiger partial charge in [-0.15, -0.1) is 0 Å². The van der Waals surface area contributed by atoms with Gasteiger partial charge in [-0.1, -0.05) is 12.1 Å². The first-order chi connectivity index (χ1) is 11.8. The molecule has 1 N–H and O–H groups in total. The third-order valence-electron chi connectivity index (χ3n) is 4.25. The topological polar surface area (TPSA) is 75.2 Å². The molecule has 3 heterocycles. The fourth-order valence-electron chi connectivity index (χ4n) is 2.98.